The van der Waals surface area contributed by atoms with Gasteiger partial charge in [-0.1, -0.05) is 17.7 Å². The number of nitrogens with zero attached hydrogens (tertiary/aromatic N) is 1. The first kappa shape index (κ1) is 17.2. The van der Waals surface area contributed by atoms with Gasteiger partial charge in [0.1, 0.15) is 0 Å². The SMILES string of the molecule is Cc1ccc(C(=O)NCCN2CCNCC2)c(Cl)c1.Cl. The molecule has 1 saturated heterocycles. The Kier molecular flexibility index (Phi) is 7.30. The molecule has 2 rings (SSSR count). The zero-order valence-electron chi connectivity index (χ0n) is 11.6. The van der Waals surface area contributed by atoms with Crippen LogP contribution in [0.5, 0.6) is 0 Å². The zero-order valence-corrected chi connectivity index (χ0v) is 13.2. The summed E-state index contributed by atoms with van der Waals surface area (Å²) in [6.45, 7) is 7.63. The van der Waals surface area contributed by atoms with Crippen molar-refractivity contribution >= 4 is 29.9 Å². The molecular formula is C14H21Cl2N3O. The van der Waals surface area contributed by atoms with Crippen LogP contribution in [0.4, 0.5) is 0 Å². The molecular weight excluding hydrogens is 297 g/mol. The lowest BCUT2D eigenvalue weighted by Crippen LogP contribution is -2.46. The number of benzene rings is 1. The van der Waals surface area contributed by atoms with Crippen LogP contribution in [0, 0.1) is 6.92 Å². The molecule has 4 nitrogen and oxygen atoms in total. The minimum Gasteiger partial charge on any atom is -0.351 e. The molecule has 0 spiro atoms. The molecule has 20 heavy (non-hydrogen) atoms. The third-order valence-corrected chi connectivity index (χ3v) is 3.61. The minimum atomic E-state index is -0.0971. The molecule has 1 amide bonds. The van der Waals surface area contributed by atoms with Crippen LogP contribution >= 0.6 is 24.0 Å². The summed E-state index contributed by atoms with van der Waals surface area (Å²) in [5.41, 5.74) is 1.61. The second kappa shape index (κ2) is 8.47. The topological polar surface area (TPSA) is 44.4 Å². The van der Waals surface area contributed by atoms with Gasteiger partial charge in [0.15, 0.2) is 0 Å². The van der Waals surface area contributed by atoms with Crippen molar-refractivity contribution in [1.82, 2.24) is 15.5 Å². The van der Waals surface area contributed by atoms with Crippen LogP contribution < -0.4 is 10.6 Å². The van der Waals surface area contributed by atoms with Crippen LogP contribution in [0.25, 0.3) is 0 Å². The number of rotatable bonds is 4. The molecule has 0 unspecified atom stereocenters. The van der Waals surface area contributed by atoms with Gasteiger partial charge in [-0.05, 0) is 24.6 Å². The lowest BCUT2D eigenvalue weighted by molar-refractivity contribution is 0.0947. The lowest BCUT2D eigenvalue weighted by atomic mass is 10.1. The fourth-order valence-electron chi connectivity index (χ4n) is 2.16. The second-order valence-electron chi connectivity index (χ2n) is 4.83. The Hall–Kier alpha value is -0.810. The van der Waals surface area contributed by atoms with E-state index in [9.17, 15) is 4.79 Å². The summed E-state index contributed by atoms with van der Waals surface area (Å²) in [4.78, 5) is 14.3. The number of nitrogens with one attached hydrogen (secondary N) is 2. The zero-order chi connectivity index (χ0) is 13.7. The van der Waals surface area contributed by atoms with Crippen molar-refractivity contribution in [2.45, 2.75) is 6.92 Å². The van der Waals surface area contributed by atoms with Crippen molar-refractivity contribution in [1.29, 1.82) is 0 Å². The minimum absolute atomic E-state index is 0. The molecule has 0 aromatic heterocycles. The lowest BCUT2D eigenvalue weighted by Gasteiger charge is -2.27. The Balaban J connectivity index is 0.00000200. The van der Waals surface area contributed by atoms with Gasteiger partial charge >= 0.3 is 0 Å². The summed E-state index contributed by atoms with van der Waals surface area (Å²) in [5, 5.41) is 6.74. The van der Waals surface area contributed by atoms with Gasteiger partial charge in [-0.3, -0.25) is 9.69 Å². The summed E-state index contributed by atoms with van der Waals surface area (Å²) < 4.78 is 0. The maximum atomic E-state index is 12.0. The summed E-state index contributed by atoms with van der Waals surface area (Å²) >= 11 is 6.07. The standard InChI is InChI=1S/C14H20ClN3O.ClH/c1-11-2-3-12(13(15)10-11)14(19)17-6-9-18-7-4-16-5-8-18;/h2-3,10,16H,4-9H2,1H3,(H,17,19);1H. The first-order chi connectivity index (χ1) is 9.16. The predicted molar refractivity (Wildman–Crippen MR) is 85.1 cm³/mol. The van der Waals surface area contributed by atoms with Gasteiger partial charge in [0.05, 0.1) is 10.6 Å². The third kappa shape index (κ3) is 4.94. The molecule has 0 bridgehead atoms. The highest BCUT2D eigenvalue weighted by Gasteiger charge is 2.12. The van der Waals surface area contributed by atoms with Crippen LogP contribution in [-0.4, -0.2) is 50.1 Å². The van der Waals surface area contributed by atoms with Crippen molar-refractivity contribution in [2.24, 2.45) is 0 Å². The molecule has 1 aromatic rings. The molecule has 1 aromatic carbocycles. The van der Waals surface area contributed by atoms with Crippen LogP contribution in [0.15, 0.2) is 18.2 Å². The number of piperazine rings is 1. The average molecular weight is 318 g/mol. The largest absolute Gasteiger partial charge is 0.351 e. The molecule has 1 heterocycles. The molecule has 0 aliphatic carbocycles. The second-order valence-corrected chi connectivity index (χ2v) is 5.24. The highest BCUT2D eigenvalue weighted by atomic mass is 35.5. The van der Waals surface area contributed by atoms with E-state index in [0.717, 1.165) is 38.3 Å². The Labute approximate surface area is 131 Å². The highest BCUT2D eigenvalue weighted by molar-refractivity contribution is 6.33. The van der Waals surface area contributed by atoms with Gasteiger partial charge in [0.25, 0.3) is 5.91 Å². The van der Waals surface area contributed by atoms with Crippen LogP contribution in [0.2, 0.25) is 5.02 Å². The van der Waals surface area contributed by atoms with Crippen molar-refractivity contribution in [3.05, 3.63) is 34.3 Å². The van der Waals surface area contributed by atoms with Gasteiger partial charge in [0.2, 0.25) is 0 Å². The normalized spacial score (nSPS) is 15.5. The van der Waals surface area contributed by atoms with E-state index in [4.69, 9.17) is 11.6 Å². The Morgan fingerprint density at radius 3 is 2.75 bits per heavy atom. The van der Waals surface area contributed by atoms with Gasteiger partial charge in [-0.2, -0.15) is 0 Å². The Morgan fingerprint density at radius 2 is 2.10 bits per heavy atom. The third-order valence-electron chi connectivity index (χ3n) is 3.29. The quantitative estimate of drug-likeness (QED) is 0.888. The van der Waals surface area contributed by atoms with Crippen LogP contribution in [0.1, 0.15) is 15.9 Å². The molecule has 6 heteroatoms. The van der Waals surface area contributed by atoms with Crippen molar-refractivity contribution < 1.29 is 4.79 Å². The number of carbonyl (C=O) groups is 1. The van der Waals surface area contributed by atoms with Crippen LogP contribution in [-0.2, 0) is 0 Å². The first-order valence-electron chi connectivity index (χ1n) is 6.64. The number of amides is 1. The summed E-state index contributed by atoms with van der Waals surface area (Å²) in [6.07, 6.45) is 0. The van der Waals surface area contributed by atoms with Gasteiger partial charge in [-0.25, -0.2) is 0 Å². The Morgan fingerprint density at radius 1 is 1.40 bits per heavy atom. The molecule has 112 valence electrons. The summed E-state index contributed by atoms with van der Waals surface area (Å²) in [5.74, 6) is -0.0971. The van der Waals surface area contributed by atoms with Crippen LogP contribution in [0.3, 0.4) is 0 Å². The Bertz CT molecular complexity index is 448. The number of aryl methyl sites for hydroxylation is 1. The van der Waals surface area contributed by atoms with Gasteiger partial charge in [-0.15, -0.1) is 12.4 Å². The summed E-state index contributed by atoms with van der Waals surface area (Å²) in [7, 11) is 0. The fraction of sp³-hybridized carbons (Fsp3) is 0.500. The van der Waals surface area contributed by atoms with E-state index in [1.807, 2.05) is 19.1 Å². The van der Waals surface area contributed by atoms with Gasteiger partial charge in [0, 0.05) is 39.3 Å². The molecule has 1 fully saturated rings. The van der Waals surface area contributed by atoms with E-state index < -0.39 is 0 Å². The maximum Gasteiger partial charge on any atom is 0.252 e. The highest BCUT2D eigenvalue weighted by Crippen LogP contribution is 2.17. The van der Waals surface area contributed by atoms with E-state index in [1.54, 1.807) is 6.07 Å². The number of hydrogen-bond donors (Lipinski definition) is 2. The average Bonchev–Trinajstić information content (AvgIpc) is 2.39. The van der Waals surface area contributed by atoms with Gasteiger partial charge < -0.3 is 10.6 Å². The number of halogens is 2. The monoisotopic (exact) mass is 317 g/mol. The molecule has 0 saturated carbocycles. The predicted octanol–water partition coefficient (Wildman–Crippen LogP) is 1.71. The number of hydrogen-bond acceptors (Lipinski definition) is 3. The van der Waals surface area contributed by atoms with E-state index in [0.29, 0.717) is 17.1 Å². The van der Waals surface area contributed by atoms with E-state index in [2.05, 4.69) is 15.5 Å². The molecule has 2 N–H and O–H groups in total. The molecule has 0 radical (unpaired) electrons. The van der Waals surface area contributed by atoms with Crippen molar-refractivity contribution in [3.8, 4) is 0 Å². The molecule has 1 aliphatic rings. The summed E-state index contributed by atoms with van der Waals surface area (Å²) in [6, 6.07) is 5.49. The van der Waals surface area contributed by atoms with Crippen molar-refractivity contribution in [2.75, 3.05) is 39.3 Å². The maximum absolute atomic E-state index is 12.0. The van der Waals surface area contributed by atoms with E-state index in [-0.39, 0.29) is 18.3 Å². The van der Waals surface area contributed by atoms with Crippen molar-refractivity contribution in [3.63, 3.8) is 0 Å². The van der Waals surface area contributed by atoms with E-state index in [1.165, 1.54) is 0 Å². The molecule has 1 aliphatic heterocycles. The number of carbonyl (C=O) groups excluding carboxylic acids is 1. The van der Waals surface area contributed by atoms with E-state index >= 15 is 0 Å². The first-order valence-corrected chi connectivity index (χ1v) is 7.02. The fourth-order valence-corrected chi connectivity index (χ4v) is 2.48. The molecule has 0 atom stereocenters. The smallest absolute Gasteiger partial charge is 0.252 e.